The SMILES string of the molecule is C=Cc1cccc(C=CCCO)c1. The van der Waals surface area contributed by atoms with Gasteiger partial charge in [-0.25, -0.2) is 0 Å². The Bertz CT molecular complexity index is 300. The summed E-state index contributed by atoms with van der Waals surface area (Å²) in [6.07, 6.45) is 6.49. The van der Waals surface area contributed by atoms with E-state index in [-0.39, 0.29) is 6.61 Å². The smallest absolute Gasteiger partial charge is 0.0465 e. The molecule has 0 bridgehead atoms. The molecule has 1 heteroatoms. The highest BCUT2D eigenvalue weighted by molar-refractivity contribution is 5.56. The molecule has 0 aliphatic heterocycles. The zero-order chi connectivity index (χ0) is 9.52. The molecule has 0 amide bonds. The lowest BCUT2D eigenvalue weighted by molar-refractivity contribution is 0.303. The molecule has 68 valence electrons. The van der Waals surface area contributed by atoms with Crippen LogP contribution in [0.5, 0.6) is 0 Å². The minimum Gasteiger partial charge on any atom is -0.396 e. The van der Waals surface area contributed by atoms with Crippen LogP contribution >= 0.6 is 0 Å². The highest BCUT2D eigenvalue weighted by Crippen LogP contribution is 2.08. The van der Waals surface area contributed by atoms with Gasteiger partial charge in [0.15, 0.2) is 0 Å². The molecule has 13 heavy (non-hydrogen) atoms. The van der Waals surface area contributed by atoms with E-state index in [1.165, 1.54) is 0 Å². The maximum Gasteiger partial charge on any atom is 0.0465 e. The van der Waals surface area contributed by atoms with Crippen molar-refractivity contribution in [3.63, 3.8) is 0 Å². The number of aliphatic hydroxyl groups excluding tert-OH is 1. The van der Waals surface area contributed by atoms with E-state index in [0.29, 0.717) is 6.42 Å². The van der Waals surface area contributed by atoms with Gasteiger partial charge in [0.05, 0.1) is 0 Å². The molecule has 0 aromatic heterocycles. The predicted octanol–water partition coefficient (Wildman–Crippen LogP) is 2.73. The normalized spacial score (nSPS) is 10.5. The molecular formula is C12H14O. The van der Waals surface area contributed by atoms with Gasteiger partial charge in [-0.1, -0.05) is 43.0 Å². The molecule has 0 saturated heterocycles. The van der Waals surface area contributed by atoms with Crippen molar-refractivity contribution in [3.05, 3.63) is 48.0 Å². The summed E-state index contributed by atoms with van der Waals surface area (Å²) in [5.41, 5.74) is 2.26. The first kappa shape index (κ1) is 9.75. The lowest BCUT2D eigenvalue weighted by atomic mass is 10.1. The van der Waals surface area contributed by atoms with E-state index >= 15 is 0 Å². The molecule has 1 aromatic carbocycles. The van der Waals surface area contributed by atoms with Crippen LogP contribution in [-0.4, -0.2) is 11.7 Å². The second-order valence-corrected chi connectivity index (χ2v) is 2.79. The first-order valence-electron chi connectivity index (χ1n) is 4.36. The minimum absolute atomic E-state index is 0.206. The average Bonchev–Trinajstić information content (AvgIpc) is 2.19. The fraction of sp³-hybridized carbons (Fsp3) is 0.167. The Morgan fingerprint density at radius 1 is 1.31 bits per heavy atom. The Labute approximate surface area is 79.0 Å². The zero-order valence-electron chi connectivity index (χ0n) is 7.61. The molecule has 0 heterocycles. The molecule has 0 atom stereocenters. The summed E-state index contributed by atoms with van der Waals surface area (Å²) in [6.45, 7) is 3.91. The fourth-order valence-electron chi connectivity index (χ4n) is 1.08. The van der Waals surface area contributed by atoms with Crippen molar-refractivity contribution in [3.8, 4) is 0 Å². The lowest BCUT2D eigenvalue weighted by Gasteiger charge is -1.95. The third kappa shape index (κ3) is 3.26. The minimum atomic E-state index is 0.206. The van der Waals surface area contributed by atoms with E-state index in [1.807, 2.05) is 36.4 Å². The van der Waals surface area contributed by atoms with E-state index < -0.39 is 0 Å². The van der Waals surface area contributed by atoms with Crippen LogP contribution in [0.3, 0.4) is 0 Å². The Hall–Kier alpha value is -1.34. The van der Waals surface area contributed by atoms with Gasteiger partial charge in [0.1, 0.15) is 0 Å². The lowest BCUT2D eigenvalue weighted by Crippen LogP contribution is -1.77. The van der Waals surface area contributed by atoms with Crippen LogP contribution in [0.1, 0.15) is 17.5 Å². The predicted molar refractivity (Wildman–Crippen MR) is 57.3 cm³/mol. The monoisotopic (exact) mass is 174 g/mol. The highest BCUT2D eigenvalue weighted by Gasteiger charge is 1.87. The van der Waals surface area contributed by atoms with Crippen LogP contribution in [0.2, 0.25) is 0 Å². The topological polar surface area (TPSA) is 20.2 Å². The Morgan fingerprint density at radius 2 is 2.08 bits per heavy atom. The van der Waals surface area contributed by atoms with Crippen molar-refractivity contribution in [2.45, 2.75) is 6.42 Å². The van der Waals surface area contributed by atoms with E-state index in [2.05, 4.69) is 12.6 Å². The molecule has 1 aromatic rings. The van der Waals surface area contributed by atoms with Gasteiger partial charge in [0.2, 0.25) is 0 Å². The largest absolute Gasteiger partial charge is 0.396 e. The van der Waals surface area contributed by atoms with Crippen molar-refractivity contribution < 1.29 is 5.11 Å². The van der Waals surface area contributed by atoms with E-state index in [1.54, 1.807) is 0 Å². The van der Waals surface area contributed by atoms with Crippen molar-refractivity contribution in [1.82, 2.24) is 0 Å². The summed E-state index contributed by atoms with van der Waals surface area (Å²) in [5.74, 6) is 0. The summed E-state index contributed by atoms with van der Waals surface area (Å²) in [5, 5.41) is 8.58. The zero-order valence-corrected chi connectivity index (χ0v) is 7.61. The molecule has 0 aliphatic carbocycles. The summed E-state index contributed by atoms with van der Waals surface area (Å²) in [6, 6.07) is 8.09. The standard InChI is InChI=1S/C12H14O/c1-2-11-7-5-8-12(10-11)6-3-4-9-13/h2-3,5-8,10,13H,1,4,9H2. The Balaban J connectivity index is 2.71. The average molecular weight is 174 g/mol. The number of benzene rings is 1. The summed E-state index contributed by atoms with van der Waals surface area (Å²) < 4.78 is 0. The molecule has 0 unspecified atom stereocenters. The Kier molecular flexibility index (Phi) is 4.00. The van der Waals surface area contributed by atoms with Gasteiger partial charge in [0.25, 0.3) is 0 Å². The second-order valence-electron chi connectivity index (χ2n) is 2.79. The quantitative estimate of drug-likeness (QED) is 0.744. The number of hydrogen-bond acceptors (Lipinski definition) is 1. The maximum atomic E-state index is 8.58. The molecule has 1 rings (SSSR count). The molecule has 1 N–H and O–H groups in total. The number of rotatable bonds is 4. The number of aliphatic hydroxyl groups is 1. The highest BCUT2D eigenvalue weighted by atomic mass is 16.2. The van der Waals surface area contributed by atoms with Gasteiger partial charge in [-0.05, 0) is 23.6 Å². The third-order valence-corrected chi connectivity index (χ3v) is 1.75. The summed E-state index contributed by atoms with van der Waals surface area (Å²) >= 11 is 0. The summed E-state index contributed by atoms with van der Waals surface area (Å²) in [4.78, 5) is 0. The van der Waals surface area contributed by atoms with E-state index in [0.717, 1.165) is 11.1 Å². The first-order valence-corrected chi connectivity index (χ1v) is 4.36. The van der Waals surface area contributed by atoms with Gasteiger partial charge in [-0.2, -0.15) is 0 Å². The van der Waals surface area contributed by atoms with Crippen molar-refractivity contribution >= 4 is 12.2 Å². The third-order valence-electron chi connectivity index (χ3n) is 1.75. The van der Waals surface area contributed by atoms with Crippen LogP contribution < -0.4 is 0 Å². The van der Waals surface area contributed by atoms with Crippen LogP contribution in [0.4, 0.5) is 0 Å². The van der Waals surface area contributed by atoms with Gasteiger partial charge < -0.3 is 5.11 Å². The van der Waals surface area contributed by atoms with E-state index in [9.17, 15) is 0 Å². The van der Waals surface area contributed by atoms with Crippen LogP contribution in [0.25, 0.3) is 12.2 Å². The van der Waals surface area contributed by atoms with Crippen LogP contribution in [0.15, 0.2) is 36.9 Å². The first-order chi connectivity index (χ1) is 6.36. The van der Waals surface area contributed by atoms with Crippen LogP contribution in [0, 0.1) is 0 Å². The Morgan fingerprint density at radius 3 is 2.77 bits per heavy atom. The maximum absolute atomic E-state index is 8.58. The molecule has 0 aliphatic rings. The van der Waals surface area contributed by atoms with E-state index in [4.69, 9.17) is 5.11 Å². The van der Waals surface area contributed by atoms with Crippen molar-refractivity contribution in [1.29, 1.82) is 0 Å². The van der Waals surface area contributed by atoms with Crippen molar-refractivity contribution in [2.24, 2.45) is 0 Å². The molecule has 0 saturated carbocycles. The molecule has 0 fully saturated rings. The second kappa shape index (κ2) is 5.33. The molecule has 0 spiro atoms. The molecule has 0 radical (unpaired) electrons. The molecular weight excluding hydrogens is 160 g/mol. The van der Waals surface area contributed by atoms with Crippen molar-refractivity contribution in [2.75, 3.05) is 6.61 Å². The van der Waals surface area contributed by atoms with Crippen LogP contribution in [-0.2, 0) is 0 Å². The van der Waals surface area contributed by atoms with Gasteiger partial charge in [-0.15, -0.1) is 0 Å². The fourth-order valence-corrected chi connectivity index (χ4v) is 1.08. The molecule has 1 nitrogen and oxygen atoms in total. The number of hydrogen-bond donors (Lipinski definition) is 1. The summed E-state index contributed by atoms with van der Waals surface area (Å²) in [7, 11) is 0. The van der Waals surface area contributed by atoms with Gasteiger partial charge in [-0.3, -0.25) is 0 Å². The van der Waals surface area contributed by atoms with Gasteiger partial charge >= 0.3 is 0 Å². The van der Waals surface area contributed by atoms with Gasteiger partial charge in [0, 0.05) is 6.61 Å².